The zero-order valence-electron chi connectivity index (χ0n) is 6.60. The Morgan fingerprint density at radius 1 is 1.50 bits per heavy atom. The first kappa shape index (κ1) is 9.90. The molecule has 1 rings (SSSR count). The molecule has 7 heteroatoms. The maximum Gasteiger partial charge on any atom is 0.339 e. The van der Waals surface area contributed by atoms with E-state index in [9.17, 15) is 19.3 Å². The fourth-order valence-corrected chi connectivity index (χ4v) is 0.853. The highest BCUT2D eigenvalue weighted by atomic mass is 19.1. The second-order valence-electron chi connectivity index (χ2n) is 2.39. The van der Waals surface area contributed by atoms with Gasteiger partial charge in [-0.2, -0.15) is 0 Å². The van der Waals surface area contributed by atoms with E-state index >= 15 is 0 Å². The Morgan fingerprint density at radius 3 is 2.50 bits per heavy atom. The lowest BCUT2D eigenvalue weighted by Gasteiger charge is -2.00. The topological polar surface area (TPSA) is 101 Å². The molecule has 0 amide bonds. The summed E-state index contributed by atoms with van der Waals surface area (Å²) in [6.45, 7) is 0. The van der Waals surface area contributed by atoms with Gasteiger partial charge >= 0.3 is 5.97 Å². The highest BCUT2D eigenvalue weighted by molar-refractivity contribution is 5.91. The van der Waals surface area contributed by atoms with Crippen LogP contribution in [-0.4, -0.2) is 21.1 Å². The Bertz CT molecular complexity index is 417. The van der Waals surface area contributed by atoms with Crippen molar-refractivity contribution in [1.82, 2.24) is 0 Å². The van der Waals surface area contributed by atoms with E-state index in [-0.39, 0.29) is 0 Å². The number of carbonyl (C=O) groups is 1. The number of hydrogen-bond acceptors (Lipinski definition) is 4. The highest BCUT2D eigenvalue weighted by Crippen LogP contribution is 2.26. The minimum atomic E-state index is -1.63. The summed E-state index contributed by atoms with van der Waals surface area (Å²) in [5, 5.41) is 27.5. The van der Waals surface area contributed by atoms with Crippen molar-refractivity contribution in [3.8, 4) is 5.75 Å². The molecule has 0 aliphatic rings. The fraction of sp³-hybridized carbons (Fsp3) is 0. The molecule has 0 fully saturated rings. The number of nitro benzene ring substituents is 1. The van der Waals surface area contributed by atoms with Gasteiger partial charge in [0.2, 0.25) is 0 Å². The lowest BCUT2D eigenvalue weighted by atomic mass is 10.1. The van der Waals surface area contributed by atoms with Crippen molar-refractivity contribution >= 4 is 11.7 Å². The summed E-state index contributed by atoms with van der Waals surface area (Å²) in [6, 6.07) is 1.03. The molecule has 0 aliphatic heterocycles. The number of rotatable bonds is 2. The largest absolute Gasteiger partial charge is 0.504 e. The van der Waals surface area contributed by atoms with Crippen LogP contribution < -0.4 is 0 Å². The van der Waals surface area contributed by atoms with Gasteiger partial charge in [-0.15, -0.1) is 0 Å². The minimum absolute atomic E-state index is 0.446. The van der Waals surface area contributed by atoms with Crippen molar-refractivity contribution in [3.63, 3.8) is 0 Å². The Hall–Kier alpha value is -2.18. The number of carboxylic acid groups (broad SMARTS) is 1. The van der Waals surface area contributed by atoms with E-state index in [1.807, 2.05) is 0 Å². The molecular formula is C7H4FNO5. The van der Waals surface area contributed by atoms with Crippen LogP contribution in [0.3, 0.4) is 0 Å². The maximum absolute atomic E-state index is 12.7. The van der Waals surface area contributed by atoms with E-state index < -0.39 is 33.7 Å². The molecule has 0 bridgehead atoms. The van der Waals surface area contributed by atoms with Gasteiger partial charge in [0.1, 0.15) is 5.56 Å². The zero-order valence-corrected chi connectivity index (χ0v) is 6.60. The lowest BCUT2D eigenvalue weighted by Crippen LogP contribution is -2.00. The average molecular weight is 201 g/mol. The van der Waals surface area contributed by atoms with Crippen LogP contribution in [0.2, 0.25) is 0 Å². The molecule has 0 saturated heterocycles. The molecular weight excluding hydrogens is 197 g/mol. The highest BCUT2D eigenvalue weighted by Gasteiger charge is 2.20. The molecule has 0 spiro atoms. The molecule has 0 unspecified atom stereocenters. The fourth-order valence-electron chi connectivity index (χ4n) is 0.853. The monoisotopic (exact) mass is 201 g/mol. The molecule has 1 aromatic rings. The molecule has 0 radical (unpaired) electrons. The average Bonchev–Trinajstić information content (AvgIpc) is 2.08. The molecule has 2 N–H and O–H groups in total. The predicted octanol–water partition coefficient (Wildman–Crippen LogP) is 1.14. The van der Waals surface area contributed by atoms with Crippen LogP contribution in [0.15, 0.2) is 12.1 Å². The molecule has 0 aliphatic carbocycles. The van der Waals surface area contributed by atoms with Gasteiger partial charge in [-0.1, -0.05) is 0 Å². The van der Waals surface area contributed by atoms with Crippen molar-refractivity contribution in [1.29, 1.82) is 0 Å². The standard InChI is InChI=1S/C7H4FNO5/c8-5-2-3(9(13)14)1-4(6(5)10)7(11)12/h1-2,10H,(H,11,12). The second-order valence-corrected chi connectivity index (χ2v) is 2.39. The molecule has 1 aromatic carbocycles. The van der Waals surface area contributed by atoms with Gasteiger partial charge in [0.15, 0.2) is 11.6 Å². The summed E-state index contributed by atoms with van der Waals surface area (Å²) >= 11 is 0. The number of phenols is 1. The van der Waals surface area contributed by atoms with Gasteiger partial charge in [0.05, 0.1) is 11.0 Å². The molecule has 74 valence electrons. The Labute approximate surface area is 76.4 Å². The second kappa shape index (κ2) is 3.29. The maximum atomic E-state index is 12.7. The number of benzene rings is 1. The Morgan fingerprint density at radius 2 is 2.07 bits per heavy atom. The Balaban J connectivity index is 3.43. The first-order valence-electron chi connectivity index (χ1n) is 3.33. The van der Waals surface area contributed by atoms with Gasteiger partial charge in [-0.25, -0.2) is 9.18 Å². The summed E-state index contributed by atoms with van der Waals surface area (Å²) < 4.78 is 12.7. The first-order valence-corrected chi connectivity index (χ1v) is 3.33. The van der Waals surface area contributed by atoms with Crippen LogP contribution in [0.4, 0.5) is 10.1 Å². The SMILES string of the molecule is O=C(O)c1cc([N+](=O)[O-])cc(F)c1O. The van der Waals surface area contributed by atoms with Gasteiger partial charge in [-0.05, 0) is 0 Å². The molecule has 0 aromatic heterocycles. The van der Waals surface area contributed by atoms with E-state index in [0.29, 0.717) is 12.1 Å². The summed E-state index contributed by atoms with van der Waals surface area (Å²) in [5.74, 6) is -4.08. The lowest BCUT2D eigenvalue weighted by molar-refractivity contribution is -0.385. The van der Waals surface area contributed by atoms with Crippen LogP contribution in [0.1, 0.15) is 10.4 Å². The van der Waals surface area contributed by atoms with Gasteiger partial charge in [0.25, 0.3) is 5.69 Å². The first-order chi connectivity index (χ1) is 6.43. The van der Waals surface area contributed by atoms with E-state index in [1.165, 1.54) is 0 Å². The number of halogens is 1. The molecule has 6 nitrogen and oxygen atoms in total. The van der Waals surface area contributed by atoms with E-state index in [0.717, 1.165) is 0 Å². The normalized spacial score (nSPS) is 9.79. The van der Waals surface area contributed by atoms with Crippen molar-refractivity contribution in [3.05, 3.63) is 33.6 Å². The number of non-ortho nitro benzene ring substituents is 1. The van der Waals surface area contributed by atoms with Gasteiger partial charge < -0.3 is 10.2 Å². The summed E-state index contributed by atoms with van der Waals surface area (Å²) in [7, 11) is 0. The quantitative estimate of drug-likeness (QED) is 0.551. The Kier molecular flexibility index (Phi) is 2.32. The summed E-state index contributed by atoms with van der Waals surface area (Å²) in [5.41, 5.74) is -1.56. The smallest absolute Gasteiger partial charge is 0.339 e. The molecule has 0 heterocycles. The third kappa shape index (κ3) is 1.60. The van der Waals surface area contributed by atoms with E-state index in [2.05, 4.69) is 0 Å². The van der Waals surface area contributed by atoms with Crippen molar-refractivity contribution < 1.29 is 24.3 Å². The van der Waals surface area contributed by atoms with E-state index in [1.54, 1.807) is 0 Å². The zero-order chi connectivity index (χ0) is 10.9. The predicted molar refractivity (Wildman–Crippen MR) is 41.7 cm³/mol. The van der Waals surface area contributed by atoms with Crippen molar-refractivity contribution in [2.75, 3.05) is 0 Å². The summed E-state index contributed by atoms with van der Waals surface area (Å²) in [6.07, 6.45) is 0. The van der Waals surface area contributed by atoms with Gasteiger partial charge in [0, 0.05) is 6.07 Å². The van der Waals surface area contributed by atoms with E-state index in [4.69, 9.17) is 10.2 Å². The third-order valence-electron chi connectivity index (χ3n) is 1.49. The summed E-state index contributed by atoms with van der Waals surface area (Å²) in [4.78, 5) is 19.7. The van der Waals surface area contributed by atoms with Crippen molar-refractivity contribution in [2.45, 2.75) is 0 Å². The van der Waals surface area contributed by atoms with Gasteiger partial charge in [-0.3, -0.25) is 10.1 Å². The molecule has 0 atom stereocenters. The molecule has 0 saturated carbocycles. The number of carboxylic acids is 1. The number of hydrogen-bond donors (Lipinski definition) is 2. The van der Waals surface area contributed by atoms with Crippen LogP contribution in [0.25, 0.3) is 0 Å². The number of aromatic carboxylic acids is 1. The van der Waals surface area contributed by atoms with Crippen LogP contribution >= 0.6 is 0 Å². The molecule has 14 heavy (non-hydrogen) atoms. The van der Waals surface area contributed by atoms with Crippen molar-refractivity contribution in [2.24, 2.45) is 0 Å². The van der Waals surface area contributed by atoms with Crippen LogP contribution in [0, 0.1) is 15.9 Å². The number of nitro groups is 1. The van der Waals surface area contributed by atoms with Crippen LogP contribution in [-0.2, 0) is 0 Å². The number of aromatic hydroxyl groups is 1. The number of nitrogens with zero attached hydrogens (tertiary/aromatic N) is 1. The van der Waals surface area contributed by atoms with Crippen LogP contribution in [0.5, 0.6) is 5.75 Å². The minimum Gasteiger partial charge on any atom is -0.504 e. The third-order valence-corrected chi connectivity index (χ3v) is 1.49.